The molecule has 0 aliphatic carbocycles. The Balaban J connectivity index is 2.21. The minimum Gasteiger partial charge on any atom is -0.391 e. The fraction of sp³-hybridized carbons (Fsp3) is 0.429. The van der Waals surface area contributed by atoms with Crippen LogP contribution < -0.4 is 5.32 Å². The van der Waals surface area contributed by atoms with Gasteiger partial charge in [0.2, 0.25) is 11.8 Å². The topological polar surface area (TPSA) is 69.6 Å². The molecule has 5 nitrogen and oxygen atoms in total. The first-order valence-electron chi connectivity index (χ1n) is 11.9. The van der Waals surface area contributed by atoms with Crippen LogP contribution in [0.3, 0.4) is 0 Å². The van der Waals surface area contributed by atoms with Crippen LogP contribution in [0.4, 0.5) is 0 Å². The predicted octanol–water partition coefficient (Wildman–Crippen LogP) is 6.26. The first-order valence-corrected chi connectivity index (χ1v) is 12.7. The molecule has 1 fully saturated rings. The van der Waals surface area contributed by atoms with Crippen molar-refractivity contribution in [3.05, 3.63) is 82.0 Å². The first kappa shape index (κ1) is 27.3. The molecule has 188 valence electrons. The number of nitrogens with zero attached hydrogens (tertiary/aromatic N) is 1. The van der Waals surface area contributed by atoms with Crippen LogP contribution in [0.1, 0.15) is 70.0 Å². The zero-order valence-corrected chi connectivity index (χ0v) is 22.2. The molecule has 0 aromatic heterocycles. The number of amides is 2. The van der Waals surface area contributed by atoms with E-state index in [9.17, 15) is 14.7 Å². The maximum Gasteiger partial charge on any atom is 0.229 e. The Bertz CT molecular complexity index is 1090. The molecule has 2 N–H and O–H groups in total. The molecule has 1 heterocycles. The zero-order valence-electron chi connectivity index (χ0n) is 20.7. The van der Waals surface area contributed by atoms with Gasteiger partial charge in [-0.25, -0.2) is 0 Å². The summed E-state index contributed by atoms with van der Waals surface area (Å²) in [6.45, 7) is 11.0. The number of rotatable bonds is 8. The number of benzene rings is 2. The number of carbonyl (C=O) groups is 2. The van der Waals surface area contributed by atoms with Crippen LogP contribution in [0.5, 0.6) is 0 Å². The van der Waals surface area contributed by atoms with Gasteiger partial charge in [0.05, 0.1) is 23.6 Å². The predicted molar refractivity (Wildman–Crippen MR) is 141 cm³/mol. The Morgan fingerprint density at radius 1 is 1.20 bits per heavy atom. The smallest absolute Gasteiger partial charge is 0.229 e. The van der Waals surface area contributed by atoms with Crippen LogP contribution >= 0.6 is 23.2 Å². The van der Waals surface area contributed by atoms with Gasteiger partial charge < -0.3 is 15.3 Å². The molecule has 1 unspecified atom stereocenters. The number of piperidine rings is 1. The fourth-order valence-corrected chi connectivity index (χ4v) is 5.64. The highest BCUT2D eigenvalue weighted by Crippen LogP contribution is 2.52. The van der Waals surface area contributed by atoms with Gasteiger partial charge in [-0.15, -0.1) is 0 Å². The molecule has 1 saturated heterocycles. The molecule has 2 aromatic rings. The Hall–Kier alpha value is -2.34. The number of allylic oxidation sites excluding steroid dienone is 1. The van der Waals surface area contributed by atoms with Gasteiger partial charge in [-0.05, 0) is 62.1 Å². The van der Waals surface area contributed by atoms with Crippen LogP contribution in [0.2, 0.25) is 10.0 Å². The molecular weight excluding hydrogens is 483 g/mol. The van der Waals surface area contributed by atoms with E-state index in [1.165, 1.54) is 0 Å². The van der Waals surface area contributed by atoms with E-state index in [4.69, 9.17) is 23.2 Å². The van der Waals surface area contributed by atoms with Crippen LogP contribution in [-0.2, 0) is 9.59 Å². The average molecular weight is 517 g/mol. The number of halogens is 2. The Morgan fingerprint density at radius 3 is 2.40 bits per heavy atom. The number of likely N-dealkylation sites (tertiary alicyclic amines) is 1. The summed E-state index contributed by atoms with van der Waals surface area (Å²) in [6.07, 6.45) is 0.250. The lowest BCUT2D eigenvalue weighted by molar-refractivity contribution is -0.160. The largest absolute Gasteiger partial charge is 0.391 e. The van der Waals surface area contributed by atoms with Crippen LogP contribution in [0.25, 0.3) is 0 Å². The minimum atomic E-state index is -0.988. The van der Waals surface area contributed by atoms with Crippen molar-refractivity contribution >= 4 is 35.0 Å². The average Bonchev–Trinajstić information content (AvgIpc) is 2.77. The molecule has 0 spiro atoms. The van der Waals surface area contributed by atoms with E-state index in [1.807, 2.05) is 62.4 Å². The SMILES string of the molecule is C=C(C)NC(=O)C[C@@]1(C)C[C@H](c2cccc(Cl)c2)[C@@H](c2ccc(Cl)cc2)N(C(CC)[C@H](C)O)C1=O. The molecule has 7 heteroatoms. The summed E-state index contributed by atoms with van der Waals surface area (Å²) in [7, 11) is 0. The summed E-state index contributed by atoms with van der Waals surface area (Å²) in [5.41, 5.74) is 1.43. The summed E-state index contributed by atoms with van der Waals surface area (Å²) >= 11 is 12.6. The number of nitrogens with one attached hydrogen (secondary N) is 1. The summed E-state index contributed by atoms with van der Waals surface area (Å²) in [6, 6.07) is 14.3. The van der Waals surface area contributed by atoms with E-state index in [0.29, 0.717) is 28.6 Å². The van der Waals surface area contributed by atoms with Crippen molar-refractivity contribution in [3.63, 3.8) is 0 Å². The quantitative estimate of drug-likeness (QED) is 0.435. The molecular formula is C28H34Cl2N2O3. The third kappa shape index (κ3) is 6.08. The number of hydrogen-bond acceptors (Lipinski definition) is 3. The van der Waals surface area contributed by atoms with Crippen molar-refractivity contribution in [3.8, 4) is 0 Å². The van der Waals surface area contributed by atoms with Gasteiger partial charge in [-0.1, -0.05) is 67.9 Å². The third-order valence-corrected chi connectivity index (χ3v) is 7.31. The number of aliphatic hydroxyl groups is 1. The fourth-order valence-electron chi connectivity index (χ4n) is 5.32. The van der Waals surface area contributed by atoms with Crippen molar-refractivity contribution in [2.45, 2.75) is 71.1 Å². The van der Waals surface area contributed by atoms with Crippen LogP contribution in [0.15, 0.2) is 60.8 Å². The van der Waals surface area contributed by atoms with Crippen LogP contribution in [0, 0.1) is 5.41 Å². The van der Waals surface area contributed by atoms with Gasteiger partial charge in [0.1, 0.15) is 0 Å². The monoisotopic (exact) mass is 516 g/mol. The maximum atomic E-state index is 14.2. The summed E-state index contributed by atoms with van der Waals surface area (Å²) < 4.78 is 0. The zero-order chi connectivity index (χ0) is 25.9. The molecule has 1 aliphatic rings. The van der Waals surface area contributed by atoms with Crippen molar-refractivity contribution in [1.29, 1.82) is 0 Å². The van der Waals surface area contributed by atoms with E-state index in [1.54, 1.807) is 18.7 Å². The highest BCUT2D eigenvalue weighted by atomic mass is 35.5. The highest BCUT2D eigenvalue weighted by molar-refractivity contribution is 6.30. The Kier molecular flexibility index (Phi) is 8.68. The van der Waals surface area contributed by atoms with E-state index in [0.717, 1.165) is 11.1 Å². The molecule has 3 rings (SSSR count). The van der Waals surface area contributed by atoms with Gasteiger partial charge >= 0.3 is 0 Å². The third-order valence-electron chi connectivity index (χ3n) is 6.83. The summed E-state index contributed by atoms with van der Waals surface area (Å²) in [5, 5.41) is 14.7. The van der Waals surface area contributed by atoms with E-state index in [2.05, 4.69) is 11.9 Å². The summed E-state index contributed by atoms with van der Waals surface area (Å²) in [4.78, 5) is 28.8. The minimum absolute atomic E-state index is 0.00976. The molecule has 1 aliphatic heterocycles. The molecule has 35 heavy (non-hydrogen) atoms. The van der Waals surface area contributed by atoms with Gasteiger partial charge in [-0.3, -0.25) is 9.59 Å². The first-order chi connectivity index (χ1) is 16.5. The Morgan fingerprint density at radius 2 is 1.86 bits per heavy atom. The normalized spacial score (nSPS) is 24.1. The molecule has 2 amide bonds. The Labute approximate surface area is 218 Å². The molecule has 0 radical (unpaired) electrons. The van der Waals surface area contributed by atoms with Crippen molar-refractivity contribution in [2.24, 2.45) is 5.41 Å². The number of hydrogen-bond donors (Lipinski definition) is 2. The van der Waals surface area contributed by atoms with Crippen molar-refractivity contribution in [2.75, 3.05) is 0 Å². The second-order valence-corrected chi connectivity index (χ2v) is 10.7. The van der Waals surface area contributed by atoms with Gasteiger partial charge in [0.25, 0.3) is 0 Å². The van der Waals surface area contributed by atoms with Gasteiger partial charge in [-0.2, -0.15) is 0 Å². The van der Waals surface area contributed by atoms with Crippen molar-refractivity contribution < 1.29 is 14.7 Å². The lowest BCUT2D eigenvalue weighted by Crippen LogP contribution is -2.58. The van der Waals surface area contributed by atoms with Crippen LogP contribution in [-0.4, -0.2) is 34.0 Å². The van der Waals surface area contributed by atoms with E-state index >= 15 is 0 Å². The molecule has 5 atom stereocenters. The lowest BCUT2D eigenvalue weighted by atomic mass is 9.66. The summed E-state index contributed by atoms with van der Waals surface area (Å²) in [5.74, 6) is -0.573. The highest BCUT2D eigenvalue weighted by Gasteiger charge is 2.52. The number of carbonyl (C=O) groups excluding carboxylic acids is 2. The van der Waals surface area contributed by atoms with E-state index in [-0.39, 0.29) is 30.2 Å². The maximum absolute atomic E-state index is 14.2. The standard InChI is InChI=1S/C28H34Cl2N2O3/c1-6-24(18(4)33)32-26(19-10-12-21(29)13-11-19)23(20-8-7-9-22(30)14-20)15-28(5,27(32)35)16-25(34)31-17(2)3/h7-14,18,23-24,26,33H,2,6,15-16H2,1,3-5H3,(H,31,34)/t18-,23+,24?,26+,28+/m0/s1. The lowest BCUT2D eigenvalue weighted by Gasteiger charge is -2.52. The van der Waals surface area contributed by atoms with E-state index < -0.39 is 17.6 Å². The second kappa shape index (κ2) is 11.2. The molecule has 2 aromatic carbocycles. The molecule has 0 saturated carbocycles. The van der Waals surface area contributed by atoms with Gasteiger partial charge in [0, 0.05) is 28.1 Å². The molecule has 0 bridgehead atoms. The second-order valence-electron chi connectivity index (χ2n) is 9.86. The number of aliphatic hydroxyl groups excluding tert-OH is 1. The van der Waals surface area contributed by atoms with Gasteiger partial charge in [0.15, 0.2) is 0 Å². The van der Waals surface area contributed by atoms with Crippen molar-refractivity contribution in [1.82, 2.24) is 10.2 Å².